The van der Waals surface area contributed by atoms with E-state index >= 15 is 0 Å². The van der Waals surface area contributed by atoms with Gasteiger partial charge in [-0.25, -0.2) is 4.79 Å². The molecule has 0 spiro atoms. The lowest BCUT2D eigenvalue weighted by atomic mass is 10.0. The number of carbonyl (C=O) groups excluding carboxylic acids is 2. The zero-order chi connectivity index (χ0) is 28.0. The van der Waals surface area contributed by atoms with E-state index in [1.54, 1.807) is 12.0 Å². The molecular weight excluding hydrogens is 508 g/mol. The summed E-state index contributed by atoms with van der Waals surface area (Å²) in [6.07, 6.45) is 5.30. The van der Waals surface area contributed by atoms with E-state index in [2.05, 4.69) is 57.7 Å². The number of likely N-dealkylation sites (tertiary alicyclic amines) is 1. The standard InChI is InChI=1S/C24H25N5O3.C6H13NO/c1-2-22(31)29-15-9-16(30)10-21(29)28(11-15)23-18-12-27(13-19(18)25-24(32)26-23)20-8-7-14-5-3-4-6-17(14)20;1-7-4-3-6(5-7)8-2/h2-6,15,20-21H,1,7-13H2,(H,25,26,32);6H,3-5H2,1-2H3. The largest absolute Gasteiger partial charge is 0.380 e. The Morgan fingerprint density at radius 2 is 1.98 bits per heavy atom. The Morgan fingerprint density at radius 1 is 1.15 bits per heavy atom. The summed E-state index contributed by atoms with van der Waals surface area (Å²) in [7, 11) is 3.91. The SMILES string of the molecule is C=CC(=O)N1C2CC(=O)CC1N(c1nc(=O)[nH]c3c1CN(C1CCc4ccccc41)C3)C2.COC1CCN(C)C1. The molecule has 3 saturated heterocycles. The van der Waals surface area contributed by atoms with Gasteiger partial charge in [-0.3, -0.25) is 14.5 Å². The molecule has 4 unspecified atom stereocenters. The van der Waals surface area contributed by atoms with E-state index in [9.17, 15) is 14.4 Å². The zero-order valence-corrected chi connectivity index (χ0v) is 23.3. The van der Waals surface area contributed by atoms with Crippen LogP contribution in [0.2, 0.25) is 0 Å². The Kier molecular flexibility index (Phi) is 7.33. The number of anilines is 1. The molecule has 1 aliphatic carbocycles. The molecule has 5 aliphatic rings. The van der Waals surface area contributed by atoms with Crippen molar-refractivity contribution in [1.82, 2.24) is 24.7 Å². The van der Waals surface area contributed by atoms with E-state index in [0.717, 1.165) is 30.6 Å². The monoisotopic (exact) mass is 546 g/mol. The maximum atomic E-state index is 12.5. The minimum Gasteiger partial charge on any atom is -0.380 e. The van der Waals surface area contributed by atoms with Gasteiger partial charge in [-0.2, -0.15) is 4.98 Å². The van der Waals surface area contributed by atoms with Crippen LogP contribution in [0.25, 0.3) is 0 Å². The molecule has 1 aromatic carbocycles. The second-order valence-electron chi connectivity index (χ2n) is 11.6. The molecule has 1 amide bonds. The van der Waals surface area contributed by atoms with Gasteiger partial charge in [0, 0.05) is 70.0 Å². The zero-order valence-electron chi connectivity index (χ0n) is 23.3. The summed E-state index contributed by atoms with van der Waals surface area (Å²) in [6.45, 7) is 7.77. The van der Waals surface area contributed by atoms with Crippen LogP contribution in [0, 0.1) is 0 Å². The van der Waals surface area contributed by atoms with Gasteiger partial charge >= 0.3 is 5.69 Å². The number of nitrogens with one attached hydrogen (secondary N) is 1. The molecule has 2 bridgehead atoms. The number of benzene rings is 1. The average Bonchev–Trinajstić information content (AvgIpc) is 3.71. The number of rotatable bonds is 4. The second-order valence-corrected chi connectivity index (χ2v) is 11.6. The quantitative estimate of drug-likeness (QED) is 0.582. The Hall–Kier alpha value is -3.34. The maximum absolute atomic E-state index is 12.5. The number of aromatic amines is 1. The van der Waals surface area contributed by atoms with Crippen LogP contribution in [0.1, 0.15) is 54.1 Å². The number of carbonyl (C=O) groups is 2. The van der Waals surface area contributed by atoms with Gasteiger partial charge in [-0.1, -0.05) is 30.8 Å². The van der Waals surface area contributed by atoms with Crippen molar-refractivity contribution in [2.45, 2.75) is 69.5 Å². The summed E-state index contributed by atoms with van der Waals surface area (Å²) in [6, 6.07) is 8.67. The Labute approximate surface area is 234 Å². The first-order valence-electron chi connectivity index (χ1n) is 14.2. The van der Waals surface area contributed by atoms with Crippen molar-refractivity contribution < 1.29 is 14.3 Å². The predicted molar refractivity (Wildman–Crippen MR) is 151 cm³/mol. The number of piperidine rings is 1. The molecule has 2 aromatic rings. The lowest BCUT2D eigenvalue weighted by Crippen LogP contribution is -2.49. The topological polar surface area (TPSA) is 102 Å². The Morgan fingerprint density at radius 3 is 2.70 bits per heavy atom. The summed E-state index contributed by atoms with van der Waals surface area (Å²) in [5.41, 5.74) is 4.26. The van der Waals surface area contributed by atoms with E-state index in [1.807, 2.05) is 4.90 Å². The van der Waals surface area contributed by atoms with Crippen molar-refractivity contribution in [3.05, 3.63) is 69.8 Å². The summed E-state index contributed by atoms with van der Waals surface area (Å²) >= 11 is 0. The van der Waals surface area contributed by atoms with Gasteiger partial charge in [-0.05, 0) is 43.5 Å². The number of nitrogens with zero attached hydrogens (tertiary/aromatic N) is 5. The first kappa shape index (κ1) is 26.9. The highest BCUT2D eigenvalue weighted by atomic mass is 16.5. The smallest absolute Gasteiger partial charge is 0.347 e. The van der Waals surface area contributed by atoms with Crippen molar-refractivity contribution in [2.75, 3.05) is 38.7 Å². The summed E-state index contributed by atoms with van der Waals surface area (Å²) in [5, 5.41) is 0. The van der Waals surface area contributed by atoms with Crippen LogP contribution in [0.4, 0.5) is 5.82 Å². The number of H-pyrrole nitrogens is 1. The van der Waals surface area contributed by atoms with E-state index in [4.69, 9.17) is 4.74 Å². The molecule has 7 rings (SSSR count). The van der Waals surface area contributed by atoms with E-state index < -0.39 is 6.17 Å². The van der Waals surface area contributed by atoms with Crippen LogP contribution in [-0.2, 0) is 33.8 Å². The number of aromatic nitrogens is 2. The number of amides is 1. The minimum atomic E-state index is -0.411. The molecule has 4 aliphatic heterocycles. The van der Waals surface area contributed by atoms with E-state index in [1.165, 1.54) is 30.2 Å². The molecule has 0 radical (unpaired) electrons. The fourth-order valence-corrected chi connectivity index (χ4v) is 7.16. The molecular formula is C30H38N6O4. The Balaban J connectivity index is 0.000000313. The van der Waals surface area contributed by atoms with Gasteiger partial charge in [0.2, 0.25) is 5.91 Å². The highest BCUT2D eigenvalue weighted by Gasteiger charge is 2.48. The molecule has 10 heteroatoms. The van der Waals surface area contributed by atoms with Crippen molar-refractivity contribution in [1.29, 1.82) is 0 Å². The summed E-state index contributed by atoms with van der Waals surface area (Å²) in [5.74, 6) is 0.573. The predicted octanol–water partition coefficient (Wildman–Crippen LogP) is 2.00. The second kappa shape index (κ2) is 10.9. The third kappa shape index (κ3) is 4.88. The lowest BCUT2D eigenvalue weighted by molar-refractivity contribution is -0.134. The third-order valence-corrected chi connectivity index (χ3v) is 9.10. The van der Waals surface area contributed by atoms with Crippen LogP contribution in [-0.4, -0.2) is 88.5 Å². The first-order valence-corrected chi connectivity index (χ1v) is 14.2. The van der Waals surface area contributed by atoms with Gasteiger partial charge < -0.3 is 24.4 Å². The van der Waals surface area contributed by atoms with Crippen LogP contribution in [0.5, 0.6) is 0 Å². The fraction of sp³-hybridized carbons (Fsp3) is 0.533. The highest BCUT2D eigenvalue weighted by Crippen LogP contribution is 2.42. The average molecular weight is 547 g/mol. The molecule has 4 atom stereocenters. The molecule has 212 valence electrons. The number of hydrogen-bond donors (Lipinski definition) is 1. The third-order valence-electron chi connectivity index (χ3n) is 9.10. The number of ketones is 1. The van der Waals surface area contributed by atoms with Crippen molar-refractivity contribution in [3.63, 3.8) is 0 Å². The fourth-order valence-electron chi connectivity index (χ4n) is 7.16. The summed E-state index contributed by atoms with van der Waals surface area (Å²) in [4.78, 5) is 53.0. The molecule has 3 fully saturated rings. The summed E-state index contributed by atoms with van der Waals surface area (Å²) < 4.78 is 5.14. The van der Waals surface area contributed by atoms with Crippen molar-refractivity contribution >= 4 is 17.5 Å². The van der Waals surface area contributed by atoms with Gasteiger partial charge in [0.05, 0.1) is 12.1 Å². The molecule has 0 saturated carbocycles. The first-order chi connectivity index (χ1) is 19.4. The number of fused-ring (bicyclic) bond motifs is 4. The van der Waals surface area contributed by atoms with Crippen molar-refractivity contribution in [2.24, 2.45) is 0 Å². The Bertz CT molecular complexity index is 1370. The van der Waals surface area contributed by atoms with E-state index in [-0.39, 0.29) is 29.8 Å². The highest BCUT2D eigenvalue weighted by molar-refractivity contribution is 5.92. The van der Waals surface area contributed by atoms with Crippen molar-refractivity contribution in [3.8, 4) is 0 Å². The number of likely N-dealkylation sites (N-methyl/N-ethyl adjacent to an activating group) is 1. The molecule has 10 nitrogen and oxygen atoms in total. The van der Waals surface area contributed by atoms with Gasteiger partial charge in [0.15, 0.2) is 0 Å². The number of ether oxygens (including phenoxy) is 1. The van der Waals surface area contributed by atoms with Crippen LogP contribution in [0.3, 0.4) is 0 Å². The lowest BCUT2D eigenvalue weighted by Gasteiger charge is -2.34. The number of methoxy groups -OCH3 is 1. The maximum Gasteiger partial charge on any atom is 0.347 e. The molecule has 1 N–H and O–H groups in total. The molecule has 40 heavy (non-hydrogen) atoms. The molecule has 5 heterocycles. The van der Waals surface area contributed by atoms with Crippen LogP contribution in [0.15, 0.2) is 41.7 Å². The minimum absolute atomic E-state index is 0.140. The van der Waals surface area contributed by atoms with Crippen LogP contribution < -0.4 is 10.6 Å². The van der Waals surface area contributed by atoms with E-state index in [0.29, 0.717) is 44.0 Å². The van der Waals surface area contributed by atoms with Crippen LogP contribution >= 0.6 is 0 Å². The normalized spacial score (nSPS) is 27.4. The van der Waals surface area contributed by atoms with Gasteiger partial charge in [0.25, 0.3) is 0 Å². The molecule has 1 aromatic heterocycles. The van der Waals surface area contributed by atoms with Gasteiger partial charge in [-0.15, -0.1) is 0 Å². The number of hydrogen-bond acceptors (Lipinski definition) is 8. The number of aryl methyl sites for hydroxylation is 1. The van der Waals surface area contributed by atoms with Gasteiger partial charge in [0.1, 0.15) is 17.8 Å². The number of Topliss-reactive ketones (excluding diaryl/α,β-unsaturated/α-hetero) is 1.